The maximum absolute atomic E-state index is 5.42. The first-order valence-electron chi connectivity index (χ1n) is 10.4. The fourth-order valence-electron chi connectivity index (χ4n) is 4.16. The van der Waals surface area contributed by atoms with Crippen LogP contribution in [0.3, 0.4) is 0 Å². The fourth-order valence-corrected chi connectivity index (χ4v) is 4.16. The summed E-state index contributed by atoms with van der Waals surface area (Å²) in [6, 6.07) is 13.9. The number of morpholine rings is 1. The number of benzene rings is 1. The molecule has 1 atom stereocenters. The Morgan fingerprint density at radius 1 is 0.926 bits per heavy atom. The van der Waals surface area contributed by atoms with E-state index in [4.69, 9.17) is 9.72 Å². The SMILES string of the molecule is CC(c1ccc(-c2ccc(CN3CCOCC3)cn2)cc1)N1CCCCC1. The van der Waals surface area contributed by atoms with Crippen molar-refractivity contribution in [3.63, 3.8) is 0 Å². The second kappa shape index (κ2) is 8.96. The normalized spacial score (nSPS) is 20.5. The third-order valence-electron chi connectivity index (χ3n) is 5.96. The van der Waals surface area contributed by atoms with Gasteiger partial charge in [-0.15, -0.1) is 0 Å². The number of hydrogen-bond acceptors (Lipinski definition) is 4. The summed E-state index contributed by atoms with van der Waals surface area (Å²) in [5.74, 6) is 0. The molecule has 2 fully saturated rings. The first-order valence-corrected chi connectivity index (χ1v) is 10.4. The van der Waals surface area contributed by atoms with Crippen LogP contribution in [0.1, 0.15) is 43.4 Å². The van der Waals surface area contributed by atoms with Gasteiger partial charge in [-0.3, -0.25) is 14.8 Å². The molecule has 0 spiro atoms. The predicted molar refractivity (Wildman–Crippen MR) is 110 cm³/mol. The molecule has 4 nitrogen and oxygen atoms in total. The average molecular weight is 366 g/mol. The predicted octanol–water partition coefficient (Wildman–Crippen LogP) is 4.13. The lowest BCUT2D eigenvalue weighted by atomic mass is 10.0. The van der Waals surface area contributed by atoms with E-state index in [1.807, 2.05) is 6.20 Å². The van der Waals surface area contributed by atoms with Crippen molar-refractivity contribution in [2.75, 3.05) is 39.4 Å². The quantitative estimate of drug-likeness (QED) is 0.797. The summed E-state index contributed by atoms with van der Waals surface area (Å²) >= 11 is 0. The van der Waals surface area contributed by atoms with E-state index < -0.39 is 0 Å². The Bertz CT molecular complexity index is 701. The van der Waals surface area contributed by atoms with E-state index in [9.17, 15) is 0 Å². The second-order valence-corrected chi connectivity index (χ2v) is 7.83. The lowest BCUT2D eigenvalue weighted by molar-refractivity contribution is 0.0341. The zero-order chi connectivity index (χ0) is 18.5. The van der Waals surface area contributed by atoms with E-state index >= 15 is 0 Å². The molecule has 4 heteroatoms. The molecular weight excluding hydrogens is 334 g/mol. The Hall–Kier alpha value is -1.75. The number of likely N-dealkylation sites (tertiary alicyclic amines) is 1. The molecule has 144 valence electrons. The van der Waals surface area contributed by atoms with Gasteiger partial charge in [0.25, 0.3) is 0 Å². The molecule has 4 rings (SSSR count). The number of piperidine rings is 1. The van der Waals surface area contributed by atoms with Gasteiger partial charge >= 0.3 is 0 Å². The van der Waals surface area contributed by atoms with Crippen LogP contribution in [-0.4, -0.2) is 54.2 Å². The molecule has 1 unspecified atom stereocenters. The molecule has 0 saturated carbocycles. The first kappa shape index (κ1) is 18.6. The van der Waals surface area contributed by atoms with Crippen LogP contribution < -0.4 is 0 Å². The van der Waals surface area contributed by atoms with Crippen molar-refractivity contribution >= 4 is 0 Å². The van der Waals surface area contributed by atoms with Crippen LogP contribution in [-0.2, 0) is 11.3 Å². The Balaban J connectivity index is 1.39. The summed E-state index contributed by atoms with van der Waals surface area (Å²) in [5, 5.41) is 0. The van der Waals surface area contributed by atoms with Crippen LogP contribution in [0.4, 0.5) is 0 Å². The summed E-state index contributed by atoms with van der Waals surface area (Å²) in [5.41, 5.74) is 4.93. The highest BCUT2D eigenvalue weighted by atomic mass is 16.5. The van der Waals surface area contributed by atoms with Crippen LogP contribution >= 0.6 is 0 Å². The van der Waals surface area contributed by atoms with Crippen molar-refractivity contribution in [3.8, 4) is 11.3 Å². The van der Waals surface area contributed by atoms with Gasteiger partial charge < -0.3 is 4.74 Å². The molecule has 1 aromatic carbocycles. The van der Waals surface area contributed by atoms with Gasteiger partial charge in [0.15, 0.2) is 0 Å². The van der Waals surface area contributed by atoms with Crippen molar-refractivity contribution in [2.24, 2.45) is 0 Å². The maximum Gasteiger partial charge on any atom is 0.0702 e. The smallest absolute Gasteiger partial charge is 0.0702 e. The van der Waals surface area contributed by atoms with Crippen molar-refractivity contribution in [1.29, 1.82) is 0 Å². The van der Waals surface area contributed by atoms with E-state index in [1.165, 1.54) is 49.0 Å². The van der Waals surface area contributed by atoms with Gasteiger partial charge in [0.2, 0.25) is 0 Å². The van der Waals surface area contributed by atoms with Crippen LogP contribution in [0.5, 0.6) is 0 Å². The molecule has 2 aliphatic heterocycles. The summed E-state index contributed by atoms with van der Waals surface area (Å²) in [4.78, 5) is 9.75. The molecule has 0 N–H and O–H groups in total. The van der Waals surface area contributed by atoms with E-state index in [-0.39, 0.29) is 0 Å². The average Bonchev–Trinajstić information content (AvgIpc) is 2.75. The molecule has 0 radical (unpaired) electrons. The van der Waals surface area contributed by atoms with Crippen LogP contribution in [0, 0.1) is 0 Å². The van der Waals surface area contributed by atoms with Crippen molar-refractivity contribution < 1.29 is 4.74 Å². The van der Waals surface area contributed by atoms with Gasteiger partial charge in [0.05, 0.1) is 18.9 Å². The van der Waals surface area contributed by atoms with Gasteiger partial charge in [-0.2, -0.15) is 0 Å². The monoisotopic (exact) mass is 365 g/mol. The zero-order valence-electron chi connectivity index (χ0n) is 16.4. The van der Waals surface area contributed by atoms with E-state index in [0.29, 0.717) is 6.04 Å². The number of ether oxygens (including phenoxy) is 1. The summed E-state index contributed by atoms with van der Waals surface area (Å²) in [7, 11) is 0. The minimum Gasteiger partial charge on any atom is -0.379 e. The third-order valence-corrected chi connectivity index (χ3v) is 5.96. The van der Waals surface area contributed by atoms with Crippen molar-refractivity contribution in [2.45, 2.75) is 38.8 Å². The second-order valence-electron chi connectivity index (χ2n) is 7.83. The lowest BCUT2D eigenvalue weighted by Gasteiger charge is -2.32. The van der Waals surface area contributed by atoms with Gasteiger partial charge in [0, 0.05) is 37.4 Å². The minimum atomic E-state index is 0.503. The highest BCUT2D eigenvalue weighted by Crippen LogP contribution is 2.26. The molecular formula is C23H31N3O. The van der Waals surface area contributed by atoms with E-state index in [1.54, 1.807) is 0 Å². The summed E-state index contributed by atoms with van der Waals surface area (Å²) in [6.45, 7) is 9.46. The maximum atomic E-state index is 5.42. The Morgan fingerprint density at radius 2 is 1.67 bits per heavy atom. The number of pyridine rings is 1. The molecule has 2 aliphatic rings. The molecule has 2 saturated heterocycles. The van der Waals surface area contributed by atoms with Gasteiger partial charge in [-0.1, -0.05) is 36.8 Å². The van der Waals surface area contributed by atoms with E-state index in [0.717, 1.165) is 38.5 Å². The fraction of sp³-hybridized carbons (Fsp3) is 0.522. The van der Waals surface area contributed by atoms with Crippen molar-refractivity contribution in [1.82, 2.24) is 14.8 Å². The third kappa shape index (κ3) is 4.75. The molecule has 1 aromatic heterocycles. The van der Waals surface area contributed by atoms with Crippen molar-refractivity contribution in [3.05, 3.63) is 53.7 Å². The molecule has 0 bridgehead atoms. The van der Waals surface area contributed by atoms with Crippen LogP contribution in [0.15, 0.2) is 42.6 Å². The Morgan fingerprint density at radius 3 is 2.33 bits per heavy atom. The number of hydrogen-bond donors (Lipinski definition) is 0. The first-order chi connectivity index (χ1) is 13.3. The zero-order valence-corrected chi connectivity index (χ0v) is 16.4. The molecule has 3 heterocycles. The highest BCUT2D eigenvalue weighted by molar-refractivity contribution is 5.59. The minimum absolute atomic E-state index is 0.503. The number of nitrogens with zero attached hydrogens (tertiary/aromatic N) is 3. The van der Waals surface area contributed by atoms with E-state index in [2.05, 4.69) is 53.1 Å². The highest BCUT2D eigenvalue weighted by Gasteiger charge is 2.18. The standard InChI is InChI=1S/C23H31N3O/c1-19(26-11-3-2-4-12-26)21-6-8-22(9-7-21)23-10-5-20(17-24-23)18-25-13-15-27-16-14-25/h5-10,17,19H,2-4,11-16,18H2,1H3. The van der Waals surface area contributed by atoms with Crippen LogP contribution in [0.2, 0.25) is 0 Å². The van der Waals surface area contributed by atoms with Gasteiger partial charge in [0.1, 0.15) is 0 Å². The Labute approximate surface area is 163 Å². The lowest BCUT2D eigenvalue weighted by Crippen LogP contribution is -2.35. The number of rotatable bonds is 5. The topological polar surface area (TPSA) is 28.6 Å². The van der Waals surface area contributed by atoms with Gasteiger partial charge in [-0.05, 0) is 50.0 Å². The molecule has 0 amide bonds. The number of aromatic nitrogens is 1. The molecule has 0 aliphatic carbocycles. The Kier molecular flexibility index (Phi) is 6.17. The molecule has 2 aromatic rings. The largest absolute Gasteiger partial charge is 0.379 e. The summed E-state index contributed by atoms with van der Waals surface area (Å²) < 4.78 is 5.42. The molecule has 27 heavy (non-hydrogen) atoms. The van der Waals surface area contributed by atoms with Gasteiger partial charge in [-0.25, -0.2) is 0 Å². The van der Waals surface area contributed by atoms with Crippen LogP contribution in [0.25, 0.3) is 11.3 Å². The summed E-state index contributed by atoms with van der Waals surface area (Å²) in [6.07, 6.45) is 6.08.